The summed E-state index contributed by atoms with van der Waals surface area (Å²) in [6.45, 7) is 6.70. The van der Waals surface area contributed by atoms with E-state index in [2.05, 4.69) is 6.58 Å². The van der Waals surface area contributed by atoms with Gasteiger partial charge in [-0.2, -0.15) is 0 Å². The van der Waals surface area contributed by atoms with Crippen molar-refractivity contribution in [3.63, 3.8) is 0 Å². The van der Waals surface area contributed by atoms with Crippen LogP contribution < -0.4 is 0 Å². The van der Waals surface area contributed by atoms with E-state index in [9.17, 15) is 9.59 Å². The number of carbonyl (C=O) groups excluding carboxylic acids is 2. The molecule has 0 aliphatic heterocycles. The van der Waals surface area contributed by atoms with E-state index >= 15 is 0 Å². The normalized spacial score (nSPS) is 11.9. The minimum Gasteiger partial charge on any atom is -0.454 e. The van der Waals surface area contributed by atoms with Crippen LogP contribution in [0.5, 0.6) is 0 Å². The van der Waals surface area contributed by atoms with Crippen LogP contribution in [0.15, 0.2) is 24.1 Å². The van der Waals surface area contributed by atoms with Gasteiger partial charge in [-0.25, -0.2) is 4.79 Å². The Balaban J connectivity index is 2.74. The van der Waals surface area contributed by atoms with Crippen molar-refractivity contribution in [2.45, 2.75) is 20.0 Å². The second kappa shape index (κ2) is 4.89. The Morgan fingerprint density at radius 2 is 2.27 bits per heavy atom. The van der Waals surface area contributed by atoms with Crippen LogP contribution in [-0.4, -0.2) is 17.9 Å². The Kier molecular flexibility index (Phi) is 3.80. The summed E-state index contributed by atoms with van der Waals surface area (Å²) in [5.74, 6) is -0.470. The summed E-state index contributed by atoms with van der Waals surface area (Å²) in [6, 6.07) is 1.55. The number of ether oxygens (including phenoxy) is 1. The first-order chi connectivity index (χ1) is 7.04. The summed E-state index contributed by atoms with van der Waals surface area (Å²) >= 11 is 1.21. The molecule has 3 nitrogen and oxygen atoms in total. The summed E-state index contributed by atoms with van der Waals surface area (Å²) in [5, 5.41) is 1.65. The average molecular weight is 224 g/mol. The summed E-state index contributed by atoms with van der Waals surface area (Å²) in [7, 11) is 0. The Morgan fingerprint density at radius 1 is 1.60 bits per heavy atom. The first-order valence-electron chi connectivity index (χ1n) is 4.47. The molecule has 0 radical (unpaired) electrons. The van der Waals surface area contributed by atoms with Gasteiger partial charge in [0.1, 0.15) is 11.0 Å². The fourth-order valence-electron chi connectivity index (χ4n) is 0.903. The zero-order chi connectivity index (χ0) is 11.4. The highest BCUT2D eigenvalue weighted by atomic mass is 32.1. The number of ketones is 1. The summed E-state index contributed by atoms with van der Waals surface area (Å²) < 4.78 is 5.02. The van der Waals surface area contributed by atoms with Crippen LogP contribution in [0.1, 0.15) is 33.9 Å². The topological polar surface area (TPSA) is 43.4 Å². The maximum absolute atomic E-state index is 11.5. The zero-order valence-electron chi connectivity index (χ0n) is 8.65. The van der Waals surface area contributed by atoms with Crippen molar-refractivity contribution in [3.05, 3.63) is 34.5 Å². The van der Waals surface area contributed by atoms with Crippen LogP contribution in [-0.2, 0) is 4.74 Å². The third kappa shape index (κ3) is 3.02. The smallest absolute Gasteiger partial charge is 0.348 e. The van der Waals surface area contributed by atoms with E-state index in [0.29, 0.717) is 10.4 Å². The number of carbonyl (C=O) groups is 2. The number of Topliss-reactive ketones (excluding diaryl/α,β-unsaturated/α-hetero) is 1. The molecule has 0 aromatic carbocycles. The molecular weight excluding hydrogens is 212 g/mol. The summed E-state index contributed by atoms with van der Waals surface area (Å²) in [5.41, 5.74) is 0.540. The SMILES string of the molecule is C=CC(C)OC(=O)c1cc(C(C)=O)cs1. The molecule has 1 aromatic rings. The predicted octanol–water partition coefficient (Wildman–Crippen LogP) is 2.68. The van der Waals surface area contributed by atoms with Crippen LogP contribution >= 0.6 is 11.3 Å². The molecule has 80 valence electrons. The highest BCUT2D eigenvalue weighted by Crippen LogP contribution is 2.17. The van der Waals surface area contributed by atoms with Gasteiger partial charge in [0.25, 0.3) is 0 Å². The molecule has 15 heavy (non-hydrogen) atoms. The van der Waals surface area contributed by atoms with E-state index in [0.717, 1.165) is 0 Å². The van der Waals surface area contributed by atoms with Gasteiger partial charge >= 0.3 is 5.97 Å². The maximum atomic E-state index is 11.5. The predicted molar refractivity (Wildman–Crippen MR) is 59.4 cm³/mol. The Labute approximate surface area is 92.4 Å². The Morgan fingerprint density at radius 3 is 2.73 bits per heavy atom. The molecule has 1 rings (SSSR count). The van der Waals surface area contributed by atoms with Gasteiger partial charge in [0.05, 0.1) is 0 Å². The van der Waals surface area contributed by atoms with Crippen molar-refractivity contribution in [2.24, 2.45) is 0 Å². The van der Waals surface area contributed by atoms with Gasteiger partial charge in [0, 0.05) is 10.9 Å². The Hall–Kier alpha value is -1.42. The van der Waals surface area contributed by atoms with Crippen LogP contribution in [0.3, 0.4) is 0 Å². The minimum absolute atomic E-state index is 0.0536. The lowest BCUT2D eigenvalue weighted by molar-refractivity contribution is 0.0431. The molecule has 0 spiro atoms. The summed E-state index contributed by atoms with van der Waals surface area (Å²) in [4.78, 5) is 22.9. The highest BCUT2D eigenvalue weighted by molar-refractivity contribution is 7.12. The average Bonchev–Trinajstić information content (AvgIpc) is 2.66. The first-order valence-corrected chi connectivity index (χ1v) is 5.35. The molecule has 0 aliphatic carbocycles. The first kappa shape index (κ1) is 11.7. The molecule has 1 heterocycles. The molecule has 0 amide bonds. The fraction of sp³-hybridized carbons (Fsp3) is 0.273. The summed E-state index contributed by atoms with van der Waals surface area (Å²) in [6.07, 6.45) is 1.22. The molecule has 0 aliphatic rings. The molecular formula is C11H12O3S. The van der Waals surface area contributed by atoms with Gasteiger partial charge in [-0.15, -0.1) is 11.3 Å². The molecule has 0 saturated heterocycles. The van der Waals surface area contributed by atoms with Crippen molar-refractivity contribution in [1.29, 1.82) is 0 Å². The second-order valence-corrected chi connectivity index (χ2v) is 4.01. The van der Waals surface area contributed by atoms with Gasteiger partial charge in [-0.3, -0.25) is 4.79 Å². The molecule has 0 N–H and O–H groups in total. The number of hydrogen-bond acceptors (Lipinski definition) is 4. The lowest BCUT2D eigenvalue weighted by Crippen LogP contribution is -2.11. The maximum Gasteiger partial charge on any atom is 0.348 e. The molecule has 1 aromatic heterocycles. The zero-order valence-corrected chi connectivity index (χ0v) is 9.47. The Bertz CT molecular complexity index is 392. The van der Waals surface area contributed by atoms with E-state index in [1.165, 1.54) is 24.3 Å². The number of rotatable bonds is 4. The monoisotopic (exact) mass is 224 g/mol. The lowest BCUT2D eigenvalue weighted by atomic mass is 10.2. The van der Waals surface area contributed by atoms with Crippen molar-refractivity contribution in [2.75, 3.05) is 0 Å². The molecule has 1 unspecified atom stereocenters. The quantitative estimate of drug-likeness (QED) is 0.448. The van der Waals surface area contributed by atoms with E-state index < -0.39 is 5.97 Å². The van der Waals surface area contributed by atoms with Crippen molar-refractivity contribution >= 4 is 23.1 Å². The van der Waals surface area contributed by atoms with Gasteiger partial charge < -0.3 is 4.74 Å². The highest BCUT2D eigenvalue weighted by Gasteiger charge is 2.13. The molecule has 4 heteroatoms. The van der Waals surface area contributed by atoms with E-state index in [1.807, 2.05) is 0 Å². The van der Waals surface area contributed by atoms with Crippen LogP contribution in [0.25, 0.3) is 0 Å². The van der Waals surface area contributed by atoms with E-state index in [-0.39, 0.29) is 11.9 Å². The van der Waals surface area contributed by atoms with E-state index in [1.54, 1.807) is 18.4 Å². The van der Waals surface area contributed by atoms with Crippen molar-refractivity contribution in [3.8, 4) is 0 Å². The van der Waals surface area contributed by atoms with Crippen LogP contribution in [0.4, 0.5) is 0 Å². The largest absolute Gasteiger partial charge is 0.454 e. The number of thiophene rings is 1. The molecule has 0 saturated carbocycles. The van der Waals surface area contributed by atoms with Crippen LogP contribution in [0, 0.1) is 0 Å². The van der Waals surface area contributed by atoms with E-state index in [4.69, 9.17) is 4.74 Å². The van der Waals surface area contributed by atoms with Gasteiger partial charge in [-0.05, 0) is 19.9 Å². The van der Waals surface area contributed by atoms with Gasteiger partial charge in [0.15, 0.2) is 5.78 Å². The lowest BCUT2D eigenvalue weighted by Gasteiger charge is -2.06. The second-order valence-electron chi connectivity index (χ2n) is 3.10. The van der Waals surface area contributed by atoms with Crippen molar-refractivity contribution in [1.82, 2.24) is 0 Å². The third-order valence-electron chi connectivity index (χ3n) is 1.83. The van der Waals surface area contributed by atoms with Crippen LogP contribution in [0.2, 0.25) is 0 Å². The standard InChI is InChI=1S/C11H12O3S/c1-4-7(2)14-11(13)10-5-9(6-15-10)8(3)12/h4-7H,1H2,2-3H3. The third-order valence-corrected chi connectivity index (χ3v) is 2.74. The van der Waals surface area contributed by atoms with Gasteiger partial charge in [-0.1, -0.05) is 12.7 Å². The fourth-order valence-corrected chi connectivity index (χ4v) is 1.73. The van der Waals surface area contributed by atoms with Crippen molar-refractivity contribution < 1.29 is 14.3 Å². The molecule has 0 bridgehead atoms. The minimum atomic E-state index is -0.417. The van der Waals surface area contributed by atoms with Gasteiger partial charge in [0.2, 0.25) is 0 Å². The number of hydrogen-bond donors (Lipinski definition) is 0. The number of esters is 1. The molecule has 0 fully saturated rings. The molecule has 1 atom stereocenters.